The molecule has 0 aliphatic heterocycles. The molecule has 1 heterocycles. The molecular formula is C26H20N4O5. The third-order valence-electron chi connectivity index (χ3n) is 5.70. The number of carbonyl (C=O) groups excluding carboxylic acids is 2. The number of carbonyl (C=O) groups is 3. The monoisotopic (exact) mass is 468 g/mol. The van der Waals surface area contributed by atoms with Gasteiger partial charge in [-0.25, -0.2) is 4.79 Å². The summed E-state index contributed by atoms with van der Waals surface area (Å²) >= 11 is 0. The molecule has 0 atom stereocenters. The maximum Gasteiger partial charge on any atom is 0.337 e. The lowest BCUT2D eigenvalue weighted by atomic mass is 9.96. The molecule has 2 amide bonds. The fourth-order valence-electron chi connectivity index (χ4n) is 3.76. The molecule has 4 rings (SSSR count). The van der Waals surface area contributed by atoms with Gasteiger partial charge in [-0.15, -0.1) is 0 Å². The highest BCUT2D eigenvalue weighted by Gasteiger charge is 2.23. The molecule has 0 fully saturated rings. The van der Waals surface area contributed by atoms with Gasteiger partial charge in [-0.1, -0.05) is 29.4 Å². The Balaban J connectivity index is 1.84. The molecule has 2 N–H and O–H groups in total. The second kappa shape index (κ2) is 9.11. The molecule has 35 heavy (non-hydrogen) atoms. The molecule has 174 valence electrons. The van der Waals surface area contributed by atoms with E-state index in [0.717, 1.165) is 11.1 Å². The van der Waals surface area contributed by atoms with Crippen molar-refractivity contribution in [1.82, 2.24) is 5.16 Å². The Hall–Kier alpha value is -4.97. The van der Waals surface area contributed by atoms with Crippen LogP contribution in [0.4, 0.5) is 11.4 Å². The number of amides is 2. The lowest BCUT2D eigenvalue weighted by molar-refractivity contribution is -0.116. The van der Waals surface area contributed by atoms with E-state index in [1.165, 1.54) is 30.0 Å². The number of aryl methyl sites for hydroxylation is 1. The molecule has 9 nitrogen and oxygen atoms in total. The summed E-state index contributed by atoms with van der Waals surface area (Å²) in [6.07, 6.45) is 0. The van der Waals surface area contributed by atoms with E-state index in [0.29, 0.717) is 16.6 Å². The standard InChI is InChI=1S/C26H20N4O5/c1-14-6-4-5-7-17(14)18-11-20-23(12-22(18)30(3)15(2)31)35-29-24(20)25(32)28-21-9-8-16(13-27)10-19(21)26(33)34/h4-12H,1-3H3,(H,28,32)(H,33,34). The van der Waals surface area contributed by atoms with Gasteiger partial charge in [0.1, 0.15) is 0 Å². The van der Waals surface area contributed by atoms with Crippen LogP contribution in [0.25, 0.3) is 22.1 Å². The normalized spacial score (nSPS) is 10.6. The van der Waals surface area contributed by atoms with E-state index in [1.807, 2.05) is 37.3 Å². The second-order valence-electron chi connectivity index (χ2n) is 7.92. The number of nitriles is 1. The average Bonchev–Trinajstić information content (AvgIpc) is 3.26. The summed E-state index contributed by atoms with van der Waals surface area (Å²) in [5, 5.41) is 25.4. The predicted molar refractivity (Wildman–Crippen MR) is 129 cm³/mol. The van der Waals surface area contributed by atoms with Gasteiger partial charge in [0.05, 0.1) is 34.0 Å². The van der Waals surface area contributed by atoms with Crippen molar-refractivity contribution < 1.29 is 24.0 Å². The molecule has 0 radical (unpaired) electrons. The van der Waals surface area contributed by atoms with Crippen molar-refractivity contribution in [2.24, 2.45) is 0 Å². The number of rotatable bonds is 5. The number of aromatic carboxylic acids is 1. The van der Waals surface area contributed by atoms with Gasteiger partial charge in [-0.05, 0) is 42.3 Å². The Morgan fingerprint density at radius 2 is 1.83 bits per heavy atom. The van der Waals surface area contributed by atoms with Crippen molar-refractivity contribution in [3.05, 3.63) is 77.0 Å². The van der Waals surface area contributed by atoms with Crippen molar-refractivity contribution in [3.63, 3.8) is 0 Å². The molecule has 0 spiro atoms. The SMILES string of the molecule is CC(=O)N(C)c1cc2onc(C(=O)Nc3ccc(C#N)cc3C(=O)O)c2cc1-c1ccccc1C. The smallest absolute Gasteiger partial charge is 0.337 e. The first-order chi connectivity index (χ1) is 16.7. The number of hydrogen-bond acceptors (Lipinski definition) is 6. The van der Waals surface area contributed by atoms with Gasteiger partial charge in [0.2, 0.25) is 5.91 Å². The van der Waals surface area contributed by atoms with E-state index in [9.17, 15) is 19.5 Å². The van der Waals surface area contributed by atoms with Crippen molar-refractivity contribution in [3.8, 4) is 17.2 Å². The molecule has 4 aromatic rings. The fourth-order valence-corrected chi connectivity index (χ4v) is 3.76. The molecule has 0 aliphatic carbocycles. The highest BCUT2D eigenvalue weighted by Crippen LogP contribution is 2.37. The third kappa shape index (κ3) is 4.32. The van der Waals surface area contributed by atoms with Crippen LogP contribution in [0, 0.1) is 18.3 Å². The molecular weight excluding hydrogens is 448 g/mol. The first kappa shape index (κ1) is 23.2. The number of carboxylic acids is 1. The number of carboxylic acid groups (broad SMARTS) is 1. The average molecular weight is 468 g/mol. The van der Waals surface area contributed by atoms with E-state index < -0.39 is 11.9 Å². The summed E-state index contributed by atoms with van der Waals surface area (Å²) in [5.41, 5.74) is 3.30. The number of fused-ring (bicyclic) bond motifs is 1. The van der Waals surface area contributed by atoms with Crippen molar-refractivity contribution in [2.75, 3.05) is 17.3 Å². The Morgan fingerprint density at radius 3 is 2.49 bits per heavy atom. The van der Waals surface area contributed by atoms with E-state index in [2.05, 4.69) is 10.5 Å². The van der Waals surface area contributed by atoms with Crippen molar-refractivity contribution in [2.45, 2.75) is 13.8 Å². The molecule has 0 saturated heterocycles. The van der Waals surface area contributed by atoms with Crippen LogP contribution in [-0.4, -0.2) is 35.1 Å². The minimum absolute atomic E-state index is 0.0183. The molecule has 0 bridgehead atoms. The number of anilines is 2. The second-order valence-corrected chi connectivity index (χ2v) is 7.92. The predicted octanol–water partition coefficient (Wildman–Crippen LogP) is 4.61. The van der Waals surface area contributed by atoms with Crippen LogP contribution in [0.2, 0.25) is 0 Å². The van der Waals surface area contributed by atoms with Gasteiger partial charge in [-0.2, -0.15) is 5.26 Å². The fraction of sp³-hybridized carbons (Fsp3) is 0.115. The zero-order valence-corrected chi connectivity index (χ0v) is 19.1. The van der Waals surface area contributed by atoms with Crippen LogP contribution >= 0.6 is 0 Å². The largest absolute Gasteiger partial charge is 0.478 e. The molecule has 3 aromatic carbocycles. The number of nitrogens with zero attached hydrogens (tertiary/aromatic N) is 3. The van der Waals surface area contributed by atoms with Gasteiger partial charge in [0.15, 0.2) is 11.3 Å². The third-order valence-corrected chi connectivity index (χ3v) is 5.70. The van der Waals surface area contributed by atoms with Gasteiger partial charge < -0.3 is 19.8 Å². The quantitative estimate of drug-likeness (QED) is 0.436. The zero-order chi connectivity index (χ0) is 25.3. The van der Waals surface area contributed by atoms with Crippen LogP contribution in [0.1, 0.15) is 38.9 Å². The van der Waals surface area contributed by atoms with E-state index in [1.54, 1.807) is 19.2 Å². The Bertz CT molecular complexity index is 1550. The summed E-state index contributed by atoms with van der Waals surface area (Å²) in [4.78, 5) is 38.4. The summed E-state index contributed by atoms with van der Waals surface area (Å²) in [6.45, 7) is 3.39. The summed E-state index contributed by atoms with van der Waals surface area (Å²) in [7, 11) is 1.65. The van der Waals surface area contributed by atoms with Crippen molar-refractivity contribution >= 4 is 40.1 Å². The number of aromatic nitrogens is 1. The first-order valence-electron chi connectivity index (χ1n) is 10.5. The Kier molecular flexibility index (Phi) is 6.04. The Morgan fingerprint density at radius 1 is 1.09 bits per heavy atom. The topological polar surface area (TPSA) is 137 Å². The van der Waals surface area contributed by atoms with Crippen LogP contribution in [0.5, 0.6) is 0 Å². The summed E-state index contributed by atoms with van der Waals surface area (Å²) in [6, 6.07) is 16.8. The number of hydrogen-bond donors (Lipinski definition) is 2. The van der Waals surface area contributed by atoms with Gasteiger partial charge in [0.25, 0.3) is 5.91 Å². The number of nitrogens with one attached hydrogen (secondary N) is 1. The Labute approximate surface area is 200 Å². The van der Waals surface area contributed by atoms with Gasteiger partial charge >= 0.3 is 5.97 Å². The van der Waals surface area contributed by atoms with Crippen LogP contribution in [-0.2, 0) is 4.79 Å². The first-order valence-corrected chi connectivity index (χ1v) is 10.5. The molecule has 9 heteroatoms. The molecule has 0 saturated carbocycles. The van der Waals surface area contributed by atoms with E-state index in [-0.39, 0.29) is 34.0 Å². The minimum Gasteiger partial charge on any atom is -0.478 e. The van der Waals surface area contributed by atoms with Gasteiger partial charge in [0, 0.05) is 25.6 Å². The van der Waals surface area contributed by atoms with Crippen LogP contribution in [0.15, 0.2) is 59.1 Å². The highest BCUT2D eigenvalue weighted by atomic mass is 16.5. The lowest BCUT2D eigenvalue weighted by Gasteiger charge is -2.20. The van der Waals surface area contributed by atoms with Gasteiger partial charge in [-0.3, -0.25) is 9.59 Å². The molecule has 0 aliphatic rings. The van der Waals surface area contributed by atoms with Crippen LogP contribution < -0.4 is 10.2 Å². The summed E-state index contributed by atoms with van der Waals surface area (Å²) in [5.74, 6) is -2.15. The van der Waals surface area contributed by atoms with E-state index in [4.69, 9.17) is 9.78 Å². The van der Waals surface area contributed by atoms with Crippen molar-refractivity contribution in [1.29, 1.82) is 5.26 Å². The lowest BCUT2D eigenvalue weighted by Crippen LogP contribution is -2.23. The number of benzene rings is 3. The minimum atomic E-state index is -1.29. The summed E-state index contributed by atoms with van der Waals surface area (Å²) < 4.78 is 5.41. The van der Waals surface area contributed by atoms with E-state index >= 15 is 0 Å². The maximum atomic E-state index is 13.1. The molecule has 0 unspecified atom stereocenters. The maximum absolute atomic E-state index is 13.1. The highest BCUT2D eigenvalue weighted by molar-refractivity contribution is 6.14. The zero-order valence-electron chi connectivity index (χ0n) is 19.1. The van der Waals surface area contributed by atoms with Crippen LogP contribution in [0.3, 0.4) is 0 Å². The molecule has 1 aromatic heterocycles.